The van der Waals surface area contributed by atoms with Gasteiger partial charge in [-0.1, -0.05) is 11.3 Å². The largest absolute Gasteiger partial charge is 0.490 e. The number of aryl methyl sites for hydroxylation is 1. The van der Waals surface area contributed by atoms with E-state index in [-0.39, 0.29) is 5.56 Å². The lowest BCUT2D eigenvalue weighted by molar-refractivity contribution is -0.192. The Kier molecular flexibility index (Phi) is 6.37. The van der Waals surface area contributed by atoms with E-state index in [4.69, 9.17) is 9.90 Å². The first-order chi connectivity index (χ1) is 12.2. The number of rotatable bonds is 2. The number of halogens is 3. The highest BCUT2D eigenvalue weighted by atomic mass is 32.1. The third kappa shape index (κ3) is 5.30. The molecular weight excluding hydrogens is 373 g/mol. The maximum Gasteiger partial charge on any atom is 0.490 e. The van der Waals surface area contributed by atoms with Crippen molar-refractivity contribution in [3.8, 4) is 10.4 Å². The van der Waals surface area contributed by atoms with Crippen LogP contribution in [0, 0.1) is 0 Å². The fourth-order valence-electron chi connectivity index (χ4n) is 2.10. The number of carbonyl (C=O) groups is 1. The van der Waals surface area contributed by atoms with Crippen LogP contribution in [-0.2, 0) is 11.8 Å². The Bertz CT molecular complexity index is 813. The van der Waals surface area contributed by atoms with Crippen LogP contribution in [-0.4, -0.2) is 53.0 Å². The van der Waals surface area contributed by atoms with Crippen molar-refractivity contribution in [3.63, 3.8) is 0 Å². The van der Waals surface area contributed by atoms with Crippen molar-refractivity contribution in [1.29, 1.82) is 0 Å². The van der Waals surface area contributed by atoms with Crippen LogP contribution < -0.4 is 15.8 Å². The Morgan fingerprint density at radius 3 is 2.50 bits per heavy atom. The van der Waals surface area contributed by atoms with E-state index in [1.807, 2.05) is 12.3 Å². The molecule has 0 aliphatic carbocycles. The van der Waals surface area contributed by atoms with E-state index in [0.717, 1.165) is 41.8 Å². The SMILES string of the molecule is Cn1ccc(-c2cnc(N3CCNCC3)s2)cc1=O.O=C(O)C(F)(F)F. The third-order valence-electron chi connectivity index (χ3n) is 3.51. The first-order valence-corrected chi connectivity index (χ1v) is 8.39. The highest BCUT2D eigenvalue weighted by molar-refractivity contribution is 7.18. The minimum Gasteiger partial charge on any atom is -0.475 e. The van der Waals surface area contributed by atoms with Crippen LogP contribution in [0.2, 0.25) is 0 Å². The minimum absolute atomic E-state index is 0.00891. The number of carboxylic acid groups (broad SMARTS) is 1. The van der Waals surface area contributed by atoms with Crippen LogP contribution in [0.25, 0.3) is 10.4 Å². The number of alkyl halides is 3. The average molecular weight is 390 g/mol. The van der Waals surface area contributed by atoms with Crippen molar-refractivity contribution >= 4 is 22.4 Å². The van der Waals surface area contributed by atoms with Gasteiger partial charge in [-0.3, -0.25) is 4.79 Å². The highest BCUT2D eigenvalue weighted by Gasteiger charge is 2.38. The summed E-state index contributed by atoms with van der Waals surface area (Å²) in [7, 11) is 1.75. The molecule has 142 valence electrons. The Balaban J connectivity index is 0.000000298. The molecule has 0 bridgehead atoms. The fourth-order valence-corrected chi connectivity index (χ4v) is 3.07. The molecule has 1 fully saturated rings. The summed E-state index contributed by atoms with van der Waals surface area (Å²) in [6, 6.07) is 3.62. The van der Waals surface area contributed by atoms with Crippen molar-refractivity contribution < 1.29 is 23.1 Å². The maximum absolute atomic E-state index is 11.7. The number of thiazole rings is 1. The molecule has 2 aromatic heterocycles. The predicted molar refractivity (Wildman–Crippen MR) is 91.6 cm³/mol. The summed E-state index contributed by atoms with van der Waals surface area (Å²) in [5.41, 5.74) is 0.955. The van der Waals surface area contributed by atoms with E-state index >= 15 is 0 Å². The van der Waals surface area contributed by atoms with Gasteiger partial charge in [0, 0.05) is 57.3 Å². The number of carboxylic acids is 1. The summed E-state index contributed by atoms with van der Waals surface area (Å²) >= 11 is 1.65. The van der Waals surface area contributed by atoms with Crippen LogP contribution in [0.4, 0.5) is 18.3 Å². The van der Waals surface area contributed by atoms with Gasteiger partial charge in [-0.05, 0) is 6.07 Å². The Labute approximate surface area is 150 Å². The molecule has 3 rings (SSSR count). The smallest absolute Gasteiger partial charge is 0.475 e. The monoisotopic (exact) mass is 390 g/mol. The number of pyridine rings is 1. The molecule has 1 aliphatic rings. The first-order valence-electron chi connectivity index (χ1n) is 7.57. The van der Waals surface area contributed by atoms with E-state index in [1.54, 1.807) is 35.2 Å². The summed E-state index contributed by atoms with van der Waals surface area (Å²) in [6.07, 6.45) is -1.43. The van der Waals surface area contributed by atoms with E-state index in [1.165, 1.54) is 0 Å². The fraction of sp³-hybridized carbons (Fsp3) is 0.400. The number of hydrogen-bond acceptors (Lipinski definition) is 6. The molecule has 0 radical (unpaired) electrons. The molecule has 11 heteroatoms. The van der Waals surface area contributed by atoms with Crippen molar-refractivity contribution in [1.82, 2.24) is 14.9 Å². The van der Waals surface area contributed by atoms with Gasteiger partial charge in [0.15, 0.2) is 5.13 Å². The molecule has 2 N–H and O–H groups in total. The second kappa shape index (κ2) is 8.32. The average Bonchev–Trinajstić information content (AvgIpc) is 3.08. The van der Waals surface area contributed by atoms with Gasteiger partial charge in [0.25, 0.3) is 5.56 Å². The summed E-state index contributed by atoms with van der Waals surface area (Å²) in [6.45, 7) is 3.98. The second-order valence-corrected chi connectivity index (χ2v) is 6.42. The lowest BCUT2D eigenvalue weighted by atomic mass is 10.2. The van der Waals surface area contributed by atoms with E-state index in [9.17, 15) is 18.0 Å². The molecule has 1 saturated heterocycles. The molecule has 0 amide bonds. The van der Waals surface area contributed by atoms with Crippen LogP contribution in [0.1, 0.15) is 0 Å². The number of aliphatic carboxylic acids is 1. The molecule has 3 heterocycles. The summed E-state index contributed by atoms with van der Waals surface area (Å²) in [4.78, 5) is 28.4. The van der Waals surface area contributed by atoms with E-state index in [2.05, 4.69) is 15.2 Å². The molecule has 2 aromatic rings. The van der Waals surface area contributed by atoms with Gasteiger partial charge >= 0.3 is 12.1 Å². The molecule has 0 aromatic carbocycles. The van der Waals surface area contributed by atoms with Crippen LogP contribution in [0.5, 0.6) is 0 Å². The predicted octanol–water partition coefficient (Wildman–Crippen LogP) is 1.55. The zero-order valence-corrected chi connectivity index (χ0v) is 14.6. The molecule has 7 nitrogen and oxygen atoms in total. The lowest BCUT2D eigenvalue weighted by Gasteiger charge is -2.26. The molecule has 0 unspecified atom stereocenters. The Morgan fingerprint density at radius 2 is 1.96 bits per heavy atom. The molecule has 26 heavy (non-hydrogen) atoms. The first kappa shape index (κ1) is 19.9. The zero-order chi connectivity index (χ0) is 19.3. The zero-order valence-electron chi connectivity index (χ0n) is 13.8. The van der Waals surface area contributed by atoms with Gasteiger partial charge in [0.2, 0.25) is 0 Å². The van der Waals surface area contributed by atoms with Crippen molar-refractivity contribution in [2.24, 2.45) is 7.05 Å². The number of piperazine rings is 1. The number of nitrogens with one attached hydrogen (secondary N) is 1. The van der Waals surface area contributed by atoms with Gasteiger partial charge in [0.1, 0.15) is 0 Å². The topological polar surface area (TPSA) is 87.5 Å². The quantitative estimate of drug-likeness (QED) is 0.809. The standard InChI is InChI=1S/C13H16N4OS.C2HF3O2/c1-16-5-2-10(8-12(16)18)11-9-15-13(19-11)17-6-3-14-4-7-17;3-2(4,5)1(6)7/h2,5,8-9,14H,3-4,6-7H2,1H3;(H,6,7). The Hall–Kier alpha value is -2.40. The number of aromatic nitrogens is 2. The summed E-state index contributed by atoms with van der Waals surface area (Å²) in [5, 5.41) is 11.5. The number of anilines is 1. The maximum atomic E-state index is 11.7. The van der Waals surface area contributed by atoms with Gasteiger partial charge < -0.3 is 19.9 Å². The van der Waals surface area contributed by atoms with Gasteiger partial charge in [-0.15, -0.1) is 0 Å². The molecule has 1 aliphatic heterocycles. The van der Waals surface area contributed by atoms with Crippen molar-refractivity contribution in [2.45, 2.75) is 6.18 Å². The normalized spacial score (nSPS) is 14.5. The summed E-state index contributed by atoms with van der Waals surface area (Å²) < 4.78 is 33.3. The van der Waals surface area contributed by atoms with Gasteiger partial charge in [-0.25, -0.2) is 9.78 Å². The van der Waals surface area contributed by atoms with Crippen LogP contribution in [0.3, 0.4) is 0 Å². The van der Waals surface area contributed by atoms with Crippen LogP contribution in [0.15, 0.2) is 29.3 Å². The van der Waals surface area contributed by atoms with Crippen molar-refractivity contribution in [2.75, 3.05) is 31.1 Å². The van der Waals surface area contributed by atoms with Crippen molar-refractivity contribution in [3.05, 3.63) is 34.9 Å². The van der Waals surface area contributed by atoms with Crippen LogP contribution >= 0.6 is 11.3 Å². The van der Waals surface area contributed by atoms with E-state index < -0.39 is 12.1 Å². The van der Waals surface area contributed by atoms with E-state index in [0.29, 0.717) is 0 Å². The number of nitrogens with zero attached hydrogens (tertiary/aromatic N) is 3. The second-order valence-electron chi connectivity index (χ2n) is 5.41. The Morgan fingerprint density at radius 1 is 1.35 bits per heavy atom. The highest BCUT2D eigenvalue weighted by Crippen LogP contribution is 2.30. The third-order valence-corrected chi connectivity index (χ3v) is 4.62. The molecule has 0 spiro atoms. The van der Waals surface area contributed by atoms with Gasteiger partial charge in [-0.2, -0.15) is 13.2 Å². The molecular formula is C15H17F3N4O3S. The molecule has 0 saturated carbocycles. The minimum atomic E-state index is -5.08. The summed E-state index contributed by atoms with van der Waals surface area (Å²) in [5.74, 6) is -2.76. The number of hydrogen-bond donors (Lipinski definition) is 2. The lowest BCUT2D eigenvalue weighted by Crippen LogP contribution is -2.43. The molecule has 0 atom stereocenters. The van der Waals surface area contributed by atoms with Gasteiger partial charge in [0.05, 0.1) is 4.88 Å².